The van der Waals surface area contributed by atoms with Gasteiger partial charge in [0.1, 0.15) is 11.5 Å². The molecule has 0 spiro atoms. The molecule has 1 aromatic carbocycles. The lowest BCUT2D eigenvalue weighted by atomic mass is 10.1. The first kappa shape index (κ1) is 19.3. The summed E-state index contributed by atoms with van der Waals surface area (Å²) < 4.78 is 16.1. The Morgan fingerprint density at radius 3 is 2.66 bits per heavy atom. The van der Waals surface area contributed by atoms with Crippen LogP contribution in [0, 0.1) is 0 Å². The largest absolute Gasteiger partial charge is 0.497 e. The minimum atomic E-state index is -0.106. The average Bonchev–Trinajstić information content (AvgIpc) is 3.42. The summed E-state index contributed by atoms with van der Waals surface area (Å²) in [5, 5.41) is 4.02. The number of carbonyl (C=O) groups is 1. The number of methoxy groups -OCH3 is 1. The molecule has 7 nitrogen and oxygen atoms in total. The number of hydrogen-bond acceptors (Lipinski definition) is 6. The van der Waals surface area contributed by atoms with Crippen molar-refractivity contribution < 1.29 is 18.5 Å². The van der Waals surface area contributed by atoms with Crippen LogP contribution in [-0.4, -0.2) is 53.1 Å². The van der Waals surface area contributed by atoms with Gasteiger partial charge < -0.3 is 18.6 Å². The van der Waals surface area contributed by atoms with E-state index in [4.69, 9.17) is 13.7 Å². The van der Waals surface area contributed by atoms with Crippen molar-refractivity contribution in [2.45, 2.75) is 32.5 Å². The lowest BCUT2D eigenvalue weighted by Crippen LogP contribution is -2.57. The van der Waals surface area contributed by atoms with E-state index in [0.29, 0.717) is 18.0 Å². The van der Waals surface area contributed by atoms with Crippen LogP contribution in [0.1, 0.15) is 30.1 Å². The van der Waals surface area contributed by atoms with Gasteiger partial charge in [0.25, 0.3) is 5.91 Å². The maximum Gasteiger partial charge on any atom is 0.276 e. The van der Waals surface area contributed by atoms with Crippen molar-refractivity contribution in [3.05, 3.63) is 60.2 Å². The summed E-state index contributed by atoms with van der Waals surface area (Å²) in [4.78, 5) is 17.3. The fraction of sp³-hybridized carbons (Fsp3) is 0.364. The molecule has 0 unspecified atom stereocenters. The predicted octanol–water partition coefficient (Wildman–Crippen LogP) is 3.68. The van der Waals surface area contributed by atoms with Crippen molar-refractivity contribution in [1.29, 1.82) is 0 Å². The number of amides is 1. The molecule has 29 heavy (non-hydrogen) atoms. The standard InChI is InChI=1S/C22H25N3O4/c1-15-13-25(16(2)12-24(15)14-19-5-4-10-28-19)22(26)20-11-21(29-23-20)17-6-8-18(27-3)9-7-17/h4-11,15-16H,12-14H2,1-3H3/t15-,16-/m0/s1. The zero-order valence-electron chi connectivity index (χ0n) is 16.9. The molecule has 0 saturated carbocycles. The fourth-order valence-electron chi connectivity index (χ4n) is 3.72. The van der Waals surface area contributed by atoms with Crippen molar-refractivity contribution in [3.63, 3.8) is 0 Å². The highest BCUT2D eigenvalue weighted by atomic mass is 16.5. The molecule has 1 fully saturated rings. The summed E-state index contributed by atoms with van der Waals surface area (Å²) in [5.74, 6) is 2.16. The summed E-state index contributed by atoms with van der Waals surface area (Å²) in [6.45, 7) is 6.33. The Labute approximate surface area is 169 Å². The second-order valence-electron chi connectivity index (χ2n) is 7.47. The van der Waals surface area contributed by atoms with Crippen LogP contribution in [0.5, 0.6) is 5.75 Å². The highest BCUT2D eigenvalue weighted by Gasteiger charge is 2.34. The number of carbonyl (C=O) groups excluding carboxylic acids is 1. The Morgan fingerprint density at radius 2 is 1.97 bits per heavy atom. The average molecular weight is 395 g/mol. The number of hydrogen-bond donors (Lipinski definition) is 0. The second kappa shape index (κ2) is 8.13. The molecular weight excluding hydrogens is 370 g/mol. The fourth-order valence-corrected chi connectivity index (χ4v) is 3.72. The predicted molar refractivity (Wildman–Crippen MR) is 108 cm³/mol. The Kier molecular flexibility index (Phi) is 5.40. The molecule has 0 bridgehead atoms. The number of aromatic nitrogens is 1. The topological polar surface area (TPSA) is 72.0 Å². The minimum Gasteiger partial charge on any atom is -0.497 e. The third-order valence-electron chi connectivity index (χ3n) is 5.42. The first-order chi connectivity index (χ1) is 14.0. The monoisotopic (exact) mass is 395 g/mol. The summed E-state index contributed by atoms with van der Waals surface area (Å²) in [6, 6.07) is 13.3. The highest BCUT2D eigenvalue weighted by molar-refractivity contribution is 5.93. The van der Waals surface area contributed by atoms with E-state index in [1.807, 2.05) is 41.3 Å². The van der Waals surface area contributed by atoms with Gasteiger partial charge in [-0.3, -0.25) is 9.69 Å². The van der Waals surface area contributed by atoms with Gasteiger partial charge in [-0.25, -0.2) is 0 Å². The van der Waals surface area contributed by atoms with E-state index in [-0.39, 0.29) is 18.0 Å². The van der Waals surface area contributed by atoms with Gasteiger partial charge in [-0.2, -0.15) is 0 Å². The maximum absolute atomic E-state index is 13.1. The van der Waals surface area contributed by atoms with E-state index < -0.39 is 0 Å². The zero-order chi connectivity index (χ0) is 20.4. The van der Waals surface area contributed by atoms with E-state index in [2.05, 4.69) is 23.9 Å². The molecule has 152 valence electrons. The first-order valence-electron chi connectivity index (χ1n) is 9.73. The number of benzene rings is 1. The van der Waals surface area contributed by atoms with Gasteiger partial charge in [0.2, 0.25) is 0 Å². The number of piperazine rings is 1. The van der Waals surface area contributed by atoms with Crippen LogP contribution in [0.3, 0.4) is 0 Å². The highest BCUT2D eigenvalue weighted by Crippen LogP contribution is 2.25. The molecule has 1 saturated heterocycles. The van der Waals surface area contributed by atoms with Gasteiger partial charge in [-0.05, 0) is 50.2 Å². The molecule has 0 N–H and O–H groups in total. The van der Waals surface area contributed by atoms with Crippen LogP contribution < -0.4 is 4.74 Å². The SMILES string of the molecule is COc1ccc(-c2cc(C(=O)N3C[C@H](C)N(Cc4ccco4)C[C@@H]3C)no2)cc1. The van der Waals surface area contributed by atoms with E-state index >= 15 is 0 Å². The molecule has 2 aromatic heterocycles. The third kappa shape index (κ3) is 4.05. The molecule has 0 radical (unpaired) electrons. The van der Waals surface area contributed by atoms with Crippen molar-refractivity contribution in [3.8, 4) is 17.1 Å². The zero-order valence-corrected chi connectivity index (χ0v) is 16.9. The molecule has 1 aliphatic rings. The van der Waals surface area contributed by atoms with Crippen molar-refractivity contribution in [2.75, 3.05) is 20.2 Å². The van der Waals surface area contributed by atoms with Gasteiger partial charge in [0.15, 0.2) is 11.5 Å². The third-order valence-corrected chi connectivity index (χ3v) is 5.42. The number of furan rings is 1. The van der Waals surface area contributed by atoms with Crippen molar-refractivity contribution >= 4 is 5.91 Å². The number of rotatable bonds is 5. The molecule has 3 heterocycles. The Morgan fingerprint density at radius 1 is 1.17 bits per heavy atom. The van der Waals surface area contributed by atoms with Crippen LogP contribution in [0.4, 0.5) is 0 Å². The summed E-state index contributed by atoms with van der Waals surface area (Å²) in [6.07, 6.45) is 1.69. The van der Waals surface area contributed by atoms with E-state index in [9.17, 15) is 4.79 Å². The van der Waals surface area contributed by atoms with E-state index in [1.54, 1.807) is 19.4 Å². The van der Waals surface area contributed by atoms with Gasteiger partial charge in [0, 0.05) is 36.8 Å². The van der Waals surface area contributed by atoms with Crippen LogP contribution in [0.15, 0.2) is 57.7 Å². The lowest BCUT2D eigenvalue weighted by Gasteiger charge is -2.43. The molecule has 1 aliphatic heterocycles. The van der Waals surface area contributed by atoms with Crippen LogP contribution in [0.2, 0.25) is 0 Å². The quantitative estimate of drug-likeness (QED) is 0.656. The molecule has 7 heteroatoms. The van der Waals surface area contributed by atoms with Crippen LogP contribution in [-0.2, 0) is 6.54 Å². The first-order valence-corrected chi connectivity index (χ1v) is 9.73. The Bertz CT molecular complexity index is 949. The van der Waals surface area contributed by atoms with Crippen LogP contribution in [0.25, 0.3) is 11.3 Å². The van der Waals surface area contributed by atoms with E-state index in [0.717, 1.165) is 30.2 Å². The summed E-state index contributed by atoms with van der Waals surface area (Å²) in [5.41, 5.74) is 1.18. The van der Waals surface area contributed by atoms with Gasteiger partial charge in [-0.1, -0.05) is 5.16 Å². The number of ether oxygens (including phenoxy) is 1. The maximum atomic E-state index is 13.1. The molecule has 2 atom stereocenters. The van der Waals surface area contributed by atoms with Crippen LogP contribution >= 0.6 is 0 Å². The molecule has 1 amide bonds. The summed E-state index contributed by atoms with van der Waals surface area (Å²) in [7, 11) is 1.62. The molecule has 3 aromatic rings. The lowest BCUT2D eigenvalue weighted by molar-refractivity contribution is 0.0262. The van der Waals surface area contributed by atoms with E-state index in [1.165, 1.54) is 0 Å². The van der Waals surface area contributed by atoms with Crippen molar-refractivity contribution in [2.24, 2.45) is 0 Å². The molecular formula is C22H25N3O4. The van der Waals surface area contributed by atoms with Gasteiger partial charge >= 0.3 is 0 Å². The van der Waals surface area contributed by atoms with Gasteiger partial charge in [0.05, 0.1) is 19.9 Å². The summed E-state index contributed by atoms with van der Waals surface area (Å²) >= 11 is 0. The second-order valence-corrected chi connectivity index (χ2v) is 7.47. The normalized spacial score (nSPS) is 20.0. The molecule has 0 aliphatic carbocycles. The molecule has 4 rings (SSSR count). The minimum absolute atomic E-state index is 0.0646. The Balaban J connectivity index is 1.45. The Hall–Kier alpha value is -3.06. The van der Waals surface area contributed by atoms with Crippen molar-refractivity contribution in [1.82, 2.24) is 15.0 Å². The van der Waals surface area contributed by atoms with Gasteiger partial charge in [-0.15, -0.1) is 0 Å². The number of nitrogens with zero attached hydrogens (tertiary/aromatic N) is 3. The smallest absolute Gasteiger partial charge is 0.276 e.